The van der Waals surface area contributed by atoms with Crippen LogP contribution in [0.15, 0.2) is 18.2 Å². The summed E-state index contributed by atoms with van der Waals surface area (Å²) in [5.41, 5.74) is -1.38. The molecule has 1 saturated heterocycles. The highest BCUT2D eigenvalue weighted by molar-refractivity contribution is 5.94. The van der Waals surface area contributed by atoms with Gasteiger partial charge < -0.3 is 10.2 Å². The number of amides is 1. The van der Waals surface area contributed by atoms with Crippen LogP contribution in [0, 0.1) is 5.82 Å². The van der Waals surface area contributed by atoms with E-state index >= 15 is 0 Å². The van der Waals surface area contributed by atoms with Crippen LogP contribution >= 0.6 is 12.4 Å². The summed E-state index contributed by atoms with van der Waals surface area (Å²) >= 11 is 0. The van der Waals surface area contributed by atoms with Gasteiger partial charge in [-0.05, 0) is 50.6 Å². The predicted molar refractivity (Wildman–Crippen MR) is 85.9 cm³/mol. The van der Waals surface area contributed by atoms with E-state index < -0.39 is 23.5 Å². The maximum atomic E-state index is 13.5. The highest BCUT2D eigenvalue weighted by Crippen LogP contribution is 2.31. The molecule has 1 aromatic rings. The first-order valence-corrected chi connectivity index (χ1v) is 7.72. The number of hydrogen-bond donors (Lipinski definition) is 1. The summed E-state index contributed by atoms with van der Waals surface area (Å²) in [6.45, 7) is 3.86. The molecule has 1 N–H and O–H groups in total. The van der Waals surface area contributed by atoms with Crippen molar-refractivity contribution in [3.63, 3.8) is 0 Å². The molecule has 0 aliphatic carbocycles. The largest absolute Gasteiger partial charge is 0.416 e. The van der Waals surface area contributed by atoms with E-state index in [1.54, 1.807) is 4.90 Å². The Bertz CT molecular complexity index is 559. The molecule has 136 valence electrons. The van der Waals surface area contributed by atoms with Crippen LogP contribution < -0.4 is 5.32 Å². The number of carbonyl (C=O) groups excluding carboxylic acids is 1. The smallest absolute Gasteiger partial charge is 0.336 e. The van der Waals surface area contributed by atoms with Crippen molar-refractivity contribution in [2.75, 3.05) is 19.6 Å². The highest BCUT2D eigenvalue weighted by atomic mass is 35.5. The second kappa shape index (κ2) is 8.67. The molecule has 8 heteroatoms. The van der Waals surface area contributed by atoms with Crippen LogP contribution in [0.4, 0.5) is 17.6 Å². The molecule has 1 aromatic carbocycles. The third-order valence-electron chi connectivity index (χ3n) is 3.95. The molecule has 0 unspecified atom stereocenters. The Hall–Kier alpha value is -1.34. The number of carbonyl (C=O) groups is 1. The first-order chi connectivity index (χ1) is 10.8. The summed E-state index contributed by atoms with van der Waals surface area (Å²) in [7, 11) is 0. The second-order valence-corrected chi connectivity index (χ2v) is 5.71. The molecule has 0 bridgehead atoms. The van der Waals surface area contributed by atoms with Crippen LogP contribution in [-0.2, 0) is 6.18 Å². The van der Waals surface area contributed by atoms with E-state index in [9.17, 15) is 22.4 Å². The molecular weight excluding hydrogens is 348 g/mol. The van der Waals surface area contributed by atoms with Gasteiger partial charge in [-0.15, -0.1) is 12.4 Å². The molecule has 0 radical (unpaired) electrons. The molecule has 24 heavy (non-hydrogen) atoms. The van der Waals surface area contributed by atoms with Gasteiger partial charge in [-0.2, -0.15) is 13.2 Å². The average Bonchev–Trinajstić information content (AvgIpc) is 2.51. The molecule has 0 spiro atoms. The Kier molecular flexibility index (Phi) is 7.48. The topological polar surface area (TPSA) is 32.3 Å². The minimum atomic E-state index is -4.68. The fourth-order valence-corrected chi connectivity index (χ4v) is 2.85. The summed E-state index contributed by atoms with van der Waals surface area (Å²) in [5, 5.41) is 3.18. The standard InChI is InChI=1S/C16H20F4N2O.ClH/c1-2-7-22(14-3-5-21-6-4-14)15(23)11-8-12(16(18,19)20)10-13(17)9-11;/h8-10,14,21H,2-7H2,1H3;1H. The van der Waals surface area contributed by atoms with Crippen LogP contribution in [0.1, 0.15) is 42.1 Å². The number of rotatable bonds is 4. The number of alkyl halides is 3. The first-order valence-electron chi connectivity index (χ1n) is 7.72. The van der Waals surface area contributed by atoms with Gasteiger partial charge in [-0.1, -0.05) is 6.92 Å². The number of halogens is 5. The molecule has 0 saturated carbocycles. The van der Waals surface area contributed by atoms with Gasteiger partial charge in [0.05, 0.1) is 5.56 Å². The Morgan fingerprint density at radius 1 is 1.25 bits per heavy atom. The molecular formula is C16H21ClF4N2O. The highest BCUT2D eigenvalue weighted by Gasteiger charge is 2.33. The van der Waals surface area contributed by atoms with Gasteiger partial charge in [0, 0.05) is 18.2 Å². The number of nitrogens with zero attached hydrogens (tertiary/aromatic N) is 1. The molecule has 0 atom stereocenters. The maximum absolute atomic E-state index is 13.5. The molecule has 1 amide bonds. The van der Waals surface area contributed by atoms with E-state index in [1.807, 2.05) is 6.92 Å². The van der Waals surface area contributed by atoms with Crippen LogP contribution in [0.2, 0.25) is 0 Å². The molecule has 0 aromatic heterocycles. The van der Waals surface area contributed by atoms with Crippen LogP contribution in [0.25, 0.3) is 0 Å². The Balaban J connectivity index is 0.00000288. The summed E-state index contributed by atoms with van der Waals surface area (Å²) in [5.74, 6) is -1.59. The Labute approximate surface area is 144 Å². The summed E-state index contributed by atoms with van der Waals surface area (Å²) in [4.78, 5) is 14.2. The number of hydrogen-bond acceptors (Lipinski definition) is 2. The lowest BCUT2D eigenvalue weighted by Crippen LogP contribution is -2.46. The Morgan fingerprint density at radius 2 is 1.88 bits per heavy atom. The minimum Gasteiger partial charge on any atom is -0.336 e. The van der Waals surface area contributed by atoms with Crippen molar-refractivity contribution in [2.24, 2.45) is 0 Å². The van der Waals surface area contributed by atoms with Gasteiger partial charge in [-0.3, -0.25) is 4.79 Å². The third kappa shape index (κ3) is 5.08. The van der Waals surface area contributed by atoms with Crippen molar-refractivity contribution in [3.05, 3.63) is 35.1 Å². The van der Waals surface area contributed by atoms with Crippen molar-refractivity contribution in [1.29, 1.82) is 0 Å². The fraction of sp³-hybridized carbons (Fsp3) is 0.562. The third-order valence-corrected chi connectivity index (χ3v) is 3.95. The Morgan fingerprint density at radius 3 is 2.42 bits per heavy atom. The summed E-state index contributed by atoms with van der Waals surface area (Å²) < 4.78 is 52.0. The molecule has 2 rings (SSSR count). The van der Waals surface area contributed by atoms with Crippen molar-refractivity contribution in [1.82, 2.24) is 10.2 Å². The van der Waals surface area contributed by atoms with Gasteiger partial charge in [0.1, 0.15) is 5.82 Å². The normalized spacial score (nSPS) is 15.7. The van der Waals surface area contributed by atoms with Crippen molar-refractivity contribution in [2.45, 2.75) is 38.4 Å². The zero-order valence-electron chi connectivity index (χ0n) is 13.3. The van der Waals surface area contributed by atoms with E-state index in [0.29, 0.717) is 19.0 Å². The van der Waals surface area contributed by atoms with Crippen LogP contribution in [0.5, 0.6) is 0 Å². The quantitative estimate of drug-likeness (QED) is 0.818. The maximum Gasteiger partial charge on any atom is 0.416 e. The lowest BCUT2D eigenvalue weighted by molar-refractivity contribution is -0.137. The van der Waals surface area contributed by atoms with E-state index in [-0.39, 0.29) is 24.0 Å². The monoisotopic (exact) mass is 368 g/mol. The number of nitrogens with one attached hydrogen (secondary N) is 1. The van der Waals surface area contributed by atoms with E-state index in [2.05, 4.69) is 5.32 Å². The number of benzene rings is 1. The predicted octanol–water partition coefficient (Wildman–Crippen LogP) is 3.87. The van der Waals surface area contributed by atoms with Crippen LogP contribution in [-0.4, -0.2) is 36.5 Å². The average molecular weight is 369 g/mol. The van der Waals surface area contributed by atoms with Gasteiger partial charge in [0.15, 0.2) is 0 Å². The molecule has 1 fully saturated rings. The van der Waals surface area contributed by atoms with Gasteiger partial charge in [-0.25, -0.2) is 4.39 Å². The number of piperidine rings is 1. The summed E-state index contributed by atoms with van der Waals surface area (Å²) in [6, 6.07) is 1.99. The van der Waals surface area contributed by atoms with Crippen LogP contribution in [0.3, 0.4) is 0 Å². The lowest BCUT2D eigenvalue weighted by atomic mass is 10.0. The molecule has 1 aliphatic rings. The van der Waals surface area contributed by atoms with E-state index in [4.69, 9.17) is 0 Å². The fourth-order valence-electron chi connectivity index (χ4n) is 2.85. The van der Waals surface area contributed by atoms with Crippen molar-refractivity contribution < 1.29 is 22.4 Å². The van der Waals surface area contributed by atoms with Gasteiger partial charge in [0.2, 0.25) is 0 Å². The van der Waals surface area contributed by atoms with Crippen molar-refractivity contribution >= 4 is 18.3 Å². The van der Waals surface area contributed by atoms with Gasteiger partial charge >= 0.3 is 6.18 Å². The van der Waals surface area contributed by atoms with Crippen molar-refractivity contribution in [3.8, 4) is 0 Å². The molecule has 3 nitrogen and oxygen atoms in total. The zero-order chi connectivity index (χ0) is 17.0. The molecule has 1 aliphatic heterocycles. The summed E-state index contributed by atoms with van der Waals surface area (Å²) in [6.07, 6.45) is -2.50. The van der Waals surface area contributed by atoms with Gasteiger partial charge in [0.25, 0.3) is 5.91 Å². The van der Waals surface area contributed by atoms with E-state index in [0.717, 1.165) is 38.1 Å². The molecule has 1 heterocycles. The first kappa shape index (κ1) is 20.7. The lowest BCUT2D eigenvalue weighted by Gasteiger charge is -2.34. The minimum absolute atomic E-state index is 0. The second-order valence-electron chi connectivity index (χ2n) is 5.71. The van der Waals surface area contributed by atoms with E-state index in [1.165, 1.54) is 0 Å². The SMILES string of the molecule is CCCN(C(=O)c1cc(F)cc(C(F)(F)F)c1)C1CCNCC1.Cl. The zero-order valence-corrected chi connectivity index (χ0v) is 14.1.